The van der Waals surface area contributed by atoms with Gasteiger partial charge in [-0.3, -0.25) is 0 Å². The summed E-state index contributed by atoms with van der Waals surface area (Å²) in [6.07, 6.45) is 0. The van der Waals surface area contributed by atoms with Crippen LogP contribution in [0.5, 0.6) is 0 Å². The predicted octanol–water partition coefficient (Wildman–Crippen LogP) is 3.66. The largest absolute Gasteiger partial charge is 0.399 e. The van der Waals surface area contributed by atoms with Crippen molar-refractivity contribution < 1.29 is 0 Å². The van der Waals surface area contributed by atoms with Gasteiger partial charge in [0.25, 0.3) is 0 Å². The Labute approximate surface area is 104 Å². The van der Waals surface area contributed by atoms with Crippen molar-refractivity contribution in [2.45, 2.75) is 9.79 Å². The molecule has 0 saturated heterocycles. The summed E-state index contributed by atoms with van der Waals surface area (Å²) >= 11 is 7.43. The van der Waals surface area contributed by atoms with E-state index in [0.29, 0.717) is 10.7 Å². The van der Waals surface area contributed by atoms with Crippen molar-refractivity contribution in [3.8, 4) is 0 Å². The molecule has 0 aromatic heterocycles. The molecule has 0 radical (unpaired) electrons. The molecule has 16 heavy (non-hydrogen) atoms. The molecule has 4 N–H and O–H groups in total. The van der Waals surface area contributed by atoms with Crippen LogP contribution < -0.4 is 11.5 Å². The first-order chi connectivity index (χ1) is 7.65. The van der Waals surface area contributed by atoms with Crippen molar-refractivity contribution in [3.05, 3.63) is 47.5 Å². The van der Waals surface area contributed by atoms with Crippen LogP contribution in [0.15, 0.2) is 52.3 Å². The second kappa shape index (κ2) is 4.68. The van der Waals surface area contributed by atoms with Gasteiger partial charge in [0, 0.05) is 26.2 Å². The van der Waals surface area contributed by atoms with E-state index in [4.69, 9.17) is 23.1 Å². The molecule has 2 aromatic rings. The maximum atomic E-state index is 5.87. The third-order valence-electron chi connectivity index (χ3n) is 2.08. The van der Waals surface area contributed by atoms with Crippen molar-refractivity contribution in [1.29, 1.82) is 0 Å². The van der Waals surface area contributed by atoms with E-state index in [2.05, 4.69) is 0 Å². The fourth-order valence-electron chi connectivity index (χ4n) is 1.28. The van der Waals surface area contributed by atoms with Gasteiger partial charge in [0.2, 0.25) is 0 Å². The van der Waals surface area contributed by atoms with Gasteiger partial charge in [0.1, 0.15) is 0 Å². The summed E-state index contributed by atoms with van der Waals surface area (Å²) in [5.41, 5.74) is 12.9. The Morgan fingerprint density at radius 1 is 0.938 bits per heavy atom. The molecular weight excluding hydrogens is 240 g/mol. The summed E-state index contributed by atoms with van der Waals surface area (Å²) in [4.78, 5) is 2.09. The molecular formula is C12H11ClN2S. The number of anilines is 2. The van der Waals surface area contributed by atoms with Crippen molar-refractivity contribution in [1.82, 2.24) is 0 Å². The van der Waals surface area contributed by atoms with Gasteiger partial charge in [-0.2, -0.15) is 0 Å². The van der Waals surface area contributed by atoms with Gasteiger partial charge >= 0.3 is 0 Å². The molecule has 0 aliphatic heterocycles. The lowest BCUT2D eigenvalue weighted by atomic mass is 10.3. The number of rotatable bonds is 2. The summed E-state index contributed by atoms with van der Waals surface area (Å²) < 4.78 is 0. The van der Waals surface area contributed by atoms with Crippen molar-refractivity contribution in [2.24, 2.45) is 0 Å². The van der Waals surface area contributed by atoms with E-state index >= 15 is 0 Å². The number of nitrogen functional groups attached to an aromatic ring is 2. The normalized spacial score (nSPS) is 10.3. The monoisotopic (exact) mass is 250 g/mol. The first kappa shape index (κ1) is 11.2. The summed E-state index contributed by atoms with van der Waals surface area (Å²) in [6, 6.07) is 13.2. The second-order valence-corrected chi connectivity index (χ2v) is 4.91. The highest BCUT2D eigenvalue weighted by atomic mass is 35.5. The Morgan fingerprint density at radius 2 is 1.62 bits per heavy atom. The van der Waals surface area contributed by atoms with Gasteiger partial charge in [-0.1, -0.05) is 23.4 Å². The molecule has 82 valence electrons. The third-order valence-corrected chi connectivity index (χ3v) is 3.41. The molecule has 0 unspecified atom stereocenters. The number of hydrogen-bond donors (Lipinski definition) is 2. The predicted molar refractivity (Wildman–Crippen MR) is 70.8 cm³/mol. The van der Waals surface area contributed by atoms with Gasteiger partial charge in [-0.15, -0.1) is 0 Å². The van der Waals surface area contributed by atoms with Crippen molar-refractivity contribution in [2.75, 3.05) is 11.5 Å². The standard InChI is InChI=1S/C12H11ClN2S/c13-8-1-6-12(11(15)7-8)16-10-4-2-9(14)3-5-10/h1-7H,14-15H2. The molecule has 0 bridgehead atoms. The Bertz CT molecular complexity index is 497. The maximum absolute atomic E-state index is 5.87. The molecule has 0 aliphatic carbocycles. The zero-order valence-electron chi connectivity index (χ0n) is 8.48. The van der Waals surface area contributed by atoms with E-state index in [1.165, 1.54) is 0 Å². The molecule has 2 nitrogen and oxygen atoms in total. The number of hydrogen-bond acceptors (Lipinski definition) is 3. The van der Waals surface area contributed by atoms with Gasteiger partial charge in [0.05, 0.1) is 0 Å². The maximum Gasteiger partial charge on any atom is 0.0470 e. The summed E-state index contributed by atoms with van der Waals surface area (Å²) in [5, 5.41) is 0.652. The zero-order chi connectivity index (χ0) is 11.5. The third kappa shape index (κ3) is 2.62. The van der Waals surface area contributed by atoms with Crippen LogP contribution in [0.4, 0.5) is 11.4 Å². The molecule has 0 atom stereocenters. The second-order valence-electron chi connectivity index (χ2n) is 3.35. The minimum absolute atomic E-state index is 0.652. The topological polar surface area (TPSA) is 52.0 Å². The van der Waals surface area contributed by atoms with Gasteiger partial charge in [0.15, 0.2) is 0 Å². The van der Waals surface area contributed by atoms with Crippen LogP contribution in [0.2, 0.25) is 5.02 Å². The van der Waals surface area contributed by atoms with E-state index in [0.717, 1.165) is 15.5 Å². The number of benzene rings is 2. The molecule has 0 heterocycles. The number of nitrogens with two attached hydrogens (primary N) is 2. The molecule has 0 spiro atoms. The highest BCUT2D eigenvalue weighted by molar-refractivity contribution is 7.99. The van der Waals surface area contributed by atoms with Crippen molar-refractivity contribution >= 4 is 34.7 Å². The van der Waals surface area contributed by atoms with E-state index in [-0.39, 0.29) is 0 Å². The lowest BCUT2D eigenvalue weighted by Crippen LogP contribution is -1.88. The van der Waals surface area contributed by atoms with E-state index in [9.17, 15) is 0 Å². The average molecular weight is 251 g/mol. The first-order valence-electron chi connectivity index (χ1n) is 4.73. The lowest BCUT2D eigenvalue weighted by Gasteiger charge is -2.05. The molecule has 2 aromatic carbocycles. The van der Waals surface area contributed by atoms with Crippen LogP contribution in [0.25, 0.3) is 0 Å². The zero-order valence-corrected chi connectivity index (χ0v) is 10.1. The van der Waals surface area contributed by atoms with Gasteiger partial charge in [-0.05, 0) is 42.5 Å². The molecule has 2 rings (SSSR count). The molecule has 0 amide bonds. The Kier molecular flexibility index (Phi) is 3.27. The van der Waals surface area contributed by atoms with E-state index in [1.807, 2.05) is 36.4 Å². The van der Waals surface area contributed by atoms with Crippen LogP contribution in [-0.2, 0) is 0 Å². The highest BCUT2D eigenvalue weighted by Crippen LogP contribution is 2.33. The van der Waals surface area contributed by atoms with E-state index in [1.54, 1.807) is 17.8 Å². The van der Waals surface area contributed by atoms with Crippen LogP contribution >= 0.6 is 23.4 Å². The summed E-state index contributed by atoms with van der Waals surface area (Å²) in [5.74, 6) is 0. The molecule has 0 saturated carbocycles. The quantitative estimate of drug-likeness (QED) is 0.800. The summed E-state index contributed by atoms with van der Waals surface area (Å²) in [7, 11) is 0. The minimum atomic E-state index is 0.652. The Hall–Kier alpha value is -1.32. The van der Waals surface area contributed by atoms with Crippen LogP contribution in [0, 0.1) is 0 Å². The average Bonchev–Trinajstić information content (AvgIpc) is 2.25. The number of halogens is 1. The Morgan fingerprint density at radius 3 is 2.25 bits per heavy atom. The lowest BCUT2D eigenvalue weighted by molar-refractivity contribution is 1.41. The molecule has 4 heteroatoms. The fraction of sp³-hybridized carbons (Fsp3) is 0. The highest BCUT2D eigenvalue weighted by Gasteiger charge is 2.02. The van der Waals surface area contributed by atoms with Gasteiger partial charge in [-0.25, -0.2) is 0 Å². The Balaban J connectivity index is 2.23. The molecule has 0 aliphatic rings. The van der Waals surface area contributed by atoms with Gasteiger partial charge < -0.3 is 11.5 Å². The van der Waals surface area contributed by atoms with E-state index < -0.39 is 0 Å². The van der Waals surface area contributed by atoms with Crippen molar-refractivity contribution in [3.63, 3.8) is 0 Å². The van der Waals surface area contributed by atoms with Crippen LogP contribution in [0.1, 0.15) is 0 Å². The smallest absolute Gasteiger partial charge is 0.0470 e. The fourth-order valence-corrected chi connectivity index (χ4v) is 2.29. The summed E-state index contributed by atoms with van der Waals surface area (Å²) in [6.45, 7) is 0. The molecule has 0 fully saturated rings. The SMILES string of the molecule is Nc1ccc(Sc2ccc(Cl)cc2N)cc1. The minimum Gasteiger partial charge on any atom is -0.399 e. The first-order valence-corrected chi connectivity index (χ1v) is 5.93. The van der Waals surface area contributed by atoms with Crippen LogP contribution in [0.3, 0.4) is 0 Å². The van der Waals surface area contributed by atoms with Crippen LogP contribution in [-0.4, -0.2) is 0 Å².